The fraction of sp³-hybridized carbons (Fsp3) is 0.120. The van der Waals surface area contributed by atoms with E-state index in [0.717, 1.165) is 0 Å². The van der Waals surface area contributed by atoms with Gasteiger partial charge >= 0.3 is 0 Å². The van der Waals surface area contributed by atoms with Crippen LogP contribution in [-0.4, -0.2) is 22.4 Å². The van der Waals surface area contributed by atoms with Gasteiger partial charge in [-0.05, 0) is 55.8 Å². The zero-order chi connectivity index (χ0) is 24.4. The van der Waals surface area contributed by atoms with Crippen molar-refractivity contribution in [3.05, 3.63) is 92.0 Å². The summed E-state index contributed by atoms with van der Waals surface area (Å²) in [4.78, 5) is 29.3. The van der Waals surface area contributed by atoms with Gasteiger partial charge in [-0.1, -0.05) is 41.4 Å². The Kier molecular flexibility index (Phi) is 6.68. The summed E-state index contributed by atoms with van der Waals surface area (Å²) >= 11 is 12.5. The topological polar surface area (TPSA) is 94.4 Å². The highest BCUT2D eigenvalue weighted by Gasteiger charge is 2.23. The van der Waals surface area contributed by atoms with Crippen molar-refractivity contribution in [1.82, 2.24) is 4.98 Å². The van der Waals surface area contributed by atoms with Crippen LogP contribution in [0.25, 0.3) is 22.2 Å². The number of anilines is 1. The number of hydrogen-bond acceptors (Lipinski definition) is 5. The van der Waals surface area contributed by atoms with Gasteiger partial charge in [-0.15, -0.1) is 0 Å². The van der Waals surface area contributed by atoms with Gasteiger partial charge in [0.2, 0.25) is 0 Å². The van der Waals surface area contributed by atoms with Crippen molar-refractivity contribution in [1.29, 1.82) is 0 Å². The van der Waals surface area contributed by atoms with E-state index < -0.39 is 10.8 Å². The van der Waals surface area contributed by atoms with Crippen molar-refractivity contribution < 1.29 is 14.5 Å². The Balaban J connectivity index is 1.85. The first kappa shape index (κ1) is 23.5. The number of amides is 1. The SMILES string of the molecule is CCOc1ccc(NC(=O)c2c(C)c(-c3ccc(Cl)cc3Cl)nc3ccccc23)c([N+](=O)[O-])c1. The van der Waals surface area contributed by atoms with Crippen LogP contribution in [0.15, 0.2) is 60.7 Å². The number of benzene rings is 3. The molecule has 1 heterocycles. The summed E-state index contributed by atoms with van der Waals surface area (Å²) < 4.78 is 5.36. The van der Waals surface area contributed by atoms with E-state index in [0.29, 0.717) is 55.7 Å². The number of nitrogens with one attached hydrogen (secondary N) is 1. The van der Waals surface area contributed by atoms with Gasteiger partial charge in [-0.2, -0.15) is 0 Å². The van der Waals surface area contributed by atoms with Crippen molar-refractivity contribution in [3.8, 4) is 17.0 Å². The number of rotatable bonds is 6. The standard InChI is InChI=1S/C25H19Cl2N3O4/c1-3-34-16-9-11-21(22(13-16)30(32)33)29-25(31)23-14(2)24(17-10-8-15(26)12-19(17)27)28-20-7-5-4-6-18(20)23/h4-13H,3H2,1-2H3,(H,29,31). The van der Waals surface area contributed by atoms with Crippen molar-refractivity contribution in [3.63, 3.8) is 0 Å². The zero-order valence-electron chi connectivity index (χ0n) is 18.3. The fourth-order valence-electron chi connectivity index (χ4n) is 3.75. The van der Waals surface area contributed by atoms with Gasteiger partial charge < -0.3 is 10.1 Å². The van der Waals surface area contributed by atoms with Crippen molar-refractivity contribution in [2.75, 3.05) is 11.9 Å². The first-order chi connectivity index (χ1) is 16.3. The Hall–Kier alpha value is -3.68. The van der Waals surface area contributed by atoms with Crippen molar-refractivity contribution in [2.45, 2.75) is 13.8 Å². The maximum absolute atomic E-state index is 13.5. The lowest BCUT2D eigenvalue weighted by Gasteiger charge is -2.16. The molecule has 0 unspecified atom stereocenters. The Bertz CT molecular complexity index is 1440. The molecule has 0 aliphatic heterocycles. The molecule has 0 radical (unpaired) electrons. The van der Waals surface area contributed by atoms with Crippen LogP contribution in [0.3, 0.4) is 0 Å². The molecule has 0 aliphatic carbocycles. The summed E-state index contributed by atoms with van der Waals surface area (Å²) in [5.74, 6) is -0.160. The molecule has 7 nitrogen and oxygen atoms in total. The Labute approximate surface area is 205 Å². The van der Waals surface area contributed by atoms with E-state index in [4.69, 9.17) is 32.9 Å². The molecule has 34 heavy (non-hydrogen) atoms. The summed E-state index contributed by atoms with van der Waals surface area (Å²) in [5, 5.41) is 15.8. The average molecular weight is 496 g/mol. The highest BCUT2D eigenvalue weighted by Crippen LogP contribution is 2.36. The van der Waals surface area contributed by atoms with E-state index in [9.17, 15) is 14.9 Å². The third-order valence-electron chi connectivity index (χ3n) is 5.27. The smallest absolute Gasteiger partial charge is 0.296 e. The van der Waals surface area contributed by atoms with Crippen LogP contribution < -0.4 is 10.1 Å². The number of carbonyl (C=O) groups is 1. The molecule has 1 aromatic heterocycles. The van der Waals surface area contributed by atoms with Crippen LogP contribution in [0.4, 0.5) is 11.4 Å². The quantitative estimate of drug-likeness (QED) is 0.228. The van der Waals surface area contributed by atoms with Gasteiger partial charge in [0.05, 0.1) is 39.4 Å². The molecule has 0 fully saturated rings. The van der Waals surface area contributed by atoms with E-state index in [2.05, 4.69) is 5.32 Å². The van der Waals surface area contributed by atoms with Crippen molar-refractivity contribution in [2.24, 2.45) is 0 Å². The molecule has 0 saturated heterocycles. The predicted octanol–water partition coefficient (Wildman–Crippen LogP) is 7.08. The number of carbonyl (C=O) groups excluding carboxylic acids is 1. The first-order valence-electron chi connectivity index (χ1n) is 10.4. The van der Waals surface area contributed by atoms with Gasteiger partial charge in [-0.25, -0.2) is 4.98 Å². The van der Waals surface area contributed by atoms with Crippen LogP contribution >= 0.6 is 23.2 Å². The number of hydrogen-bond donors (Lipinski definition) is 1. The molecular formula is C25H19Cl2N3O4. The molecule has 9 heteroatoms. The second-order valence-electron chi connectivity index (χ2n) is 7.42. The van der Waals surface area contributed by atoms with Gasteiger partial charge in [0.15, 0.2) is 0 Å². The number of nitro groups is 1. The van der Waals surface area contributed by atoms with Gasteiger partial charge in [-0.3, -0.25) is 14.9 Å². The number of fused-ring (bicyclic) bond motifs is 1. The first-order valence-corrected chi connectivity index (χ1v) is 11.1. The van der Waals surface area contributed by atoms with Crippen LogP contribution in [0, 0.1) is 17.0 Å². The summed E-state index contributed by atoms with van der Waals surface area (Å²) in [6.07, 6.45) is 0. The largest absolute Gasteiger partial charge is 0.494 e. The predicted molar refractivity (Wildman–Crippen MR) is 134 cm³/mol. The van der Waals surface area contributed by atoms with E-state index >= 15 is 0 Å². The van der Waals surface area contributed by atoms with Crippen molar-refractivity contribution >= 4 is 51.4 Å². The maximum atomic E-state index is 13.5. The number of aromatic nitrogens is 1. The van der Waals surface area contributed by atoms with E-state index in [1.807, 2.05) is 6.07 Å². The highest BCUT2D eigenvalue weighted by atomic mass is 35.5. The minimum Gasteiger partial charge on any atom is -0.494 e. The van der Waals surface area contributed by atoms with E-state index in [1.54, 1.807) is 56.3 Å². The third kappa shape index (κ3) is 4.53. The molecule has 0 bridgehead atoms. The Morgan fingerprint density at radius 1 is 1.12 bits per heavy atom. The summed E-state index contributed by atoms with van der Waals surface area (Å²) in [7, 11) is 0. The molecule has 1 amide bonds. The summed E-state index contributed by atoms with van der Waals surface area (Å²) in [6, 6.07) is 16.6. The number of ether oxygens (including phenoxy) is 1. The second kappa shape index (κ2) is 9.67. The lowest BCUT2D eigenvalue weighted by molar-refractivity contribution is -0.384. The molecule has 0 saturated carbocycles. The molecule has 1 N–H and O–H groups in total. The number of para-hydroxylation sites is 1. The van der Waals surface area contributed by atoms with Crippen LogP contribution in [0.1, 0.15) is 22.8 Å². The molecular weight excluding hydrogens is 477 g/mol. The molecule has 3 aromatic carbocycles. The maximum Gasteiger partial charge on any atom is 0.296 e. The minimum absolute atomic E-state index is 0.0600. The van der Waals surface area contributed by atoms with E-state index in [-0.39, 0.29) is 11.4 Å². The van der Waals surface area contributed by atoms with Gasteiger partial charge in [0.1, 0.15) is 11.4 Å². The van der Waals surface area contributed by atoms with Crippen LogP contribution in [-0.2, 0) is 0 Å². The summed E-state index contributed by atoms with van der Waals surface area (Å²) in [6.45, 7) is 3.91. The van der Waals surface area contributed by atoms with Crippen LogP contribution in [0.2, 0.25) is 10.0 Å². The lowest BCUT2D eigenvalue weighted by Crippen LogP contribution is -2.16. The molecule has 172 valence electrons. The molecule has 0 aliphatic rings. The van der Waals surface area contributed by atoms with Crippen LogP contribution in [0.5, 0.6) is 5.75 Å². The second-order valence-corrected chi connectivity index (χ2v) is 8.27. The highest BCUT2D eigenvalue weighted by molar-refractivity contribution is 6.36. The average Bonchev–Trinajstić information content (AvgIpc) is 2.80. The minimum atomic E-state index is -0.561. The van der Waals surface area contributed by atoms with E-state index in [1.165, 1.54) is 12.1 Å². The zero-order valence-corrected chi connectivity index (χ0v) is 19.8. The Morgan fingerprint density at radius 3 is 2.59 bits per heavy atom. The summed E-state index contributed by atoms with van der Waals surface area (Å²) in [5.41, 5.74) is 2.44. The molecule has 4 aromatic rings. The van der Waals surface area contributed by atoms with Gasteiger partial charge in [0.25, 0.3) is 11.6 Å². The molecule has 0 spiro atoms. The van der Waals surface area contributed by atoms with Gasteiger partial charge in [0, 0.05) is 16.0 Å². The third-order valence-corrected chi connectivity index (χ3v) is 5.82. The molecule has 4 rings (SSSR count). The Morgan fingerprint density at radius 2 is 1.88 bits per heavy atom. The lowest BCUT2D eigenvalue weighted by atomic mass is 9.97. The normalized spacial score (nSPS) is 10.8. The number of nitro benzene ring substituents is 1. The molecule has 0 atom stereocenters. The monoisotopic (exact) mass is 495 g/mol. The fourth-order valence-corrected chi connectivity index (χ4v) is 4.25. The number of nitrogens with zero attached hydrogens (tertiary/aromatic N) is 2. The number of halogens is 2. The number of pyridine rings is 1.